The van der Waals surface area contributed by atoms with Gasteiger partial charge in [0.15, 0.2) is 0 Å². The van der Waals surface area contributed by atoms with E-state index in [0.29, 0.717) is 14.4 Å². The summed E-state index contributed by atoms with van der Waals surface area (Å²) >= 11 is 7.74. The average Bonchev–Trinajstić information content (AvgIpc) is 3.22. The highest BCUT2D eigenvalue weighted by atomic mass is 32.2. The Morgan fingerprint density at radius 1 is 1.33 bits per heavy atom. The molecule has 1 aliphatic rings. The standard InChI is InChI=1S/C17H16N4O3S3/c1-3-14-19-20-16(27-14)18-13(22)9-21-15(23)12(26-17(21)25)8-10-4-6-11(24-2)7-5-10/h4-8H,3,9H2,1-2H3,(H,18,20,22)/b12-8-. The molecule has 1 aliphatic heterocycles. The number of carbonyl (C=O) groups is 2. The van der Waals surface area contributed by atoms with Crippen LogP contribution in [0.5, 0.6) is 5.75 Å². The number of methoxy groups -OCH3 is 1. The van der Waals surface area contributed by atoms with Crippen LogP contribution in [0.15, 0.2) is 29.2 Å². The molecule has 0 atom stereocenters. The number of carbonyl (C=O) groups excluding carboxylic acids is 2. The van der Waals surface area contributed by atoms with Gasteiger partial charge in [-0.2, -0.15) is 0 Å². The molecule has 1 aromatic carbocycles. The number of thiocarbonyl (C=S) groups is 1. The van der Waals surface area contributed by atoms with Gasteiger partial charge >= 0.3 is 0 Å². The predicted octanol–water partition coefficient (Wildman–Crippen LogP) is 2.95. The van der Waals surface area contributed by atoms with Crippen LogP contribution in [-0.4, -0.2) is 44.9 Å². The highest BCUT2D eigenvalue weighted by molar-refractivity contribution is 8.26. The summed E-state index contributed by atoms with van der Waals surface area (Å²) in [5.41, 5.74) is 0.849. The van der Waals surface area contributed by atoms with Crippen LogP contribution in [-0.2, 0) is 16.0 Å². The minimum absolute atomic E-state index is 0.161. The second kappa shape index (κ2) is 8.59. The van der Waals surface area contributed by atoms with Gasteiger partial charge in [-0.15, -0.1) is 10.2 Å². The van der Waals surface area contributed by atoms with Crippen molar-refractivity contribution in [1.29, 1.82) is 0 Å². The lowest BCUT2D eigenvalue weighted by molar-refractivity contribution is -0.126. The van der Waals surface area contributed by atoms with Crippen molar-refractivity contribution in [2.45, 2.75) is 13.3 Å². The number of amides is 2. The summed E-state index contributed by atoms with van der Waals surface area (Å²) in [6.07, 6.45) is 2.49. The monoisotopic (exact) mass is 420 g/mol. The molecule has 3 rings (SSSR count). The van der Waals surface area contributed by atoms with E-state index in [-0.39, 0.29) is 18.4 Å². The summed E-state index contributed by atoms with van der Waals surface area (Å²) in [7, 11) is 1.59. The van der Waals surface area contributed by atoms with Crippen molar-refractivity contribution in [1.82, 2.24) is 15.1 Å². The van der Waals surface area contributed by atoms with Crippen molar-refractivity contribution >= 4 is 62.7 Å². The van der Waals surface area contributed by atoms with Crippen molar-refractivity contribution in [2.75, 3.05) is 19.0 Å². The van der Waals surface area contributed by atoms with Crippen molar-refractivity contribution < 1.29 is 14.3 Å². The molecule has 0 radical (unpaired) electrons. The minimum Gasteiger partial charge on any atom is -0.497 e. The van der Waals surface area contributed by atoms with Crippen LogP contribution < -0.4 is 10.1 Å². The van der Waals surface area contributed by atoms with Gasteiger partial charge in [0.2, 0.25) is 11.0 Å². The molecule has 1 saturated heterocycles. The Labute approximate surface area is 169 Å². The van der Waals surface area contributed by atoms with E-state index in [4.69, 9.17) is 17.0 Å². The van der Waals surface area contributed by atoms with Crippen LogP contribution >= 0.6 is 35.3 Å². The predicted molar refractivity (Wildman–Crippen MR) is 111 cm³/mol. The molecule has 2 heterocycles. The van der Waals surface area contributed by atoms with Gasteiger partial charge in [0.1, 0.15) is 21.6 Å². The fraction of sp³-hybridized carbons (Fsp3) is 0.235. The van der Waals surface area contributed by atoms with Gasteiger partial charge in [0.05, 0.1) is 12.0 Å². The van der Waals surface area contributed by atoms with Crippen molar-refractivity contribution in [3.63, 3.8) is 0 Å². The molecular formula is C17H16N4O3S3. The van der Waals surface area contributed by atoms with E-state index in [0.717, 1.165) is 22.7 Å². The molecule has 0 saturated carbocycles. The number of rotatable bonds is 6. The number of aromatic nitrogens is 2. The first-order valence-electron chi connectivity index (χ1n) is 8.01. The van der Waals surface area contributed by atoms with Gasteiger partial charge in [-0.25, -0.2) is 0 Å². The summed E-state index contributed by atoms with van der Waals surface area (Å²) in [6.45, 7) is 1.80. The molecule has 0 unspecified atom stereocenters. The zero-order valence-electron chi connectivity index (χ0n) is 14.6. The molecule has 2 amide bonds. The summed E-state index contributed by atoms with van der Waals surface area (Å²) in [5, 5.41) is 11.7. The van der Waals surface area contributed by atoms with E-state index >= 15 is 0 Å². The fourth-order valence-corrected chi connectivity index (χ4v) is 4.19. The van der Waals surface area contributed by atoms with Gasteiger partial charge < -0.3 is 4.74 Å². The number of hydrogen-bond acceptors (Lipinski definition) is 8. The Bertz CT molecular complexity index is 908. The second-order valence-electron chi connectivity index (χ2n) is 5.44. The molecule has 0 spiro atoms. The van der Waals surface area contributed by atoms with E-state index in [1.807, 2.05) is 31.2 Å². The lowest BCUT2D eigenvalue weighted by atomic mass is 10.2. The van der Waals surface area contributed by atoms with Crippen LogP contribution in [0.1, 0.15) is 17.5 Å². The van der Waals surface area contributed by atoms with Gasteiger partial charge in [-0.1, -0.05) is 54.4 Å². The highest BCUT2D eigenvalue weighted by Crippen LogP contribution is 2.32. The summed E-state index contributed by atoms with van der Waals surface area (Å²) < 4.78 is 5.47. The molecule has 1 fully saturated rings. The van der Waals surface area contributed by atoms with Crippen molar-refractivity contribution in [2.24, 2.45) is 0 Å². The van der Waals surface area contributed by atoms with Gasteiger partial charge in [0, 0.05) is 0 Å². The Morgan fingerprint density at radius 2 is 2.07 bits per heavy atom. The van der Waals surface area contributed by atoms with Gasteiger partial charge in [-0.05, 0) is 30.2 Å². The van der Waals surface area contributed by atoms with E-state index in [9.17, 15) is 9.59 Å². The molecule has 0 bridgehead atoms. The maximum Gasteiger partial charge on any atom is 0.266 e. The van der Waals surface area contributed by atoms with Crippen LogP contribution in [0.2, 0.25) is 0 Å². The number of benzene rings is 1. The Balaban J connectivity index is 1.66. The molecule has 0 aliphatic carbocycles. The molecule has 7 nitrogen and oxygen atoms in total. The Kier molecular flexibility index (Phi) is 6.19. The Morgan fingerprint density at radius 3 is 2.70 bits per heavy atom. The third-order valence-electron chi connectivity index (χ3n) is 3.60. The fourth-order valence-electron chi connectivity index (χ4n) is 2.24. The number of thioether (sulfide) groups is 1. The second-order valence-corrected chi connectivity index (χ2v) is 8.18. The van der Waals surface area contributed by atoms with Crippen molar-refractivity contribution in [3.05, 3.63) is 39.7 Å². The van der Waals surface area contributed by atoms with Crippen LogP contribution in [0.25, 0.3) is 6.08 Å². The zero-order chi connectivity index (χ0) is 19.4. The van der Waals surface area contributed by atoms with E-state index in [1.165, 1.54) is 28.0 Å². The summed E-state index contributed by atoms with van der Waals surface area (Å²) in [5.74, 6) is 0.0811. The lowest BCUT2D eigenvalue weighted by Gasteiger charge is -2.13. The number of nitrogens with one attached hydrogen (secondary N) is 1. The molecule has 10 heteroatoms. The molecular weight excluding hydrogens is 404 g/mol. The smallest absolute Gasteiger partial charge is 0.266 e. The maximum absolute atomic E-state index is 12.6. The molecule has 2 aromatic rings. The normalized spacial score (nSPS) is 15.5. The first-order valence-corrected chi connectivity index (χ1v) is 10.1. The lowest BCUT2D eigenvalue weighted by Crippen LogP contribution is -2.36. The molecule has 140 valence electrons. The minimum atomic E-state index is -0.365. The first kappa shape index (κ1) is 19.5. The molecule has 1 aromatic heterocycles. The highest BCUT2D eigenvalue weighted by Gasteiger charge is 2.33. The average molecular weight is 421 g/mol. The summed E-state index contributed by atoms with van der Waals surface area (Å²) in [6, 6.07) is 7.32. The number of hydrogen-bond donors (Lipinski definition) is 1. The van der Waals surface area contributed by atoms with Crippen LogP contribution in [0.4, 0.5) is 5.13 Å². The van der Waals surface area contributed by atoms with Crippen LogP contribution in [0.3, 0.4) is 0 Å². The zero-order valence-corrected chi connectivity index (χ0v) is 17.0. The number of nitrogens with zero attached hydrogens (tertiary/aromatic N) is 3. The maximum atomic E-state index is 12.6. The topological polar surface area (TPSA) is 84.4 Å². The number of aryl methyl sites for hydroxylation is 1. The summed E-state index contributed by atoms with van der Waals surface area (Å²) in [4.78, 5) is 26.6. The van der Waals surface area contributed by atoms with Gasteiger partial charge in [0.25, 0.3) is 5.91 Å². The SMILES string of the molecule is CCc1nnc(NC(=O)CN2C(=O)/C(=C/c3ccc(OC)cc3)SC2=S)s1. The van der Waals surface area contributed by atoms with Crippen LogP contribution in [0, 0.1) is 0 Å². The van der Waals surface area contributed by atoms with Crippen molar-refractivity contribution in [3.8, 4) is 5.75 Å². The molecule has 27 heavy (non-hydrogen) atoms. The van der Waals surface area contributed by atoms with E-state index < -0.39 is 0 Å². The first-order chi connectivity index (χ1) is 13.0. The number of ether oxygens (including phenoxy) is 1. The molecule has 1 N–H and O–H groups in total. The largest absolute Gasteiger partial charge is 0.497 e. The third kappa shape index (κ3) is 4.71. The Hall–Kier alpha value is -2.30. The third-order valence-corrected chi connectivity index (χ3v) is 5.97. The van der Waals surface area contributed by atoms with E-state index in [1.54, 1.807) is 13.2 Å². The van der Waals surface area contributed by atoms with Gasteiger partial charge in [-0.3, -0.25) is 19.8 Å². The number of anilines is 1. The van der Waals surface area contributed by atoms with E-state index in [2.05, 4.69) is 15.5 Å². The quantitative estimate of drug-likeness (QED) is 0.568.